The van der Waals surface area contributed by atoms with Crippen LogP contribution in [0.4, 0.5) is 5.69 Å². The fourth-order valence-electron chi connectivity index (χ4n) is 3.13. The number of nitrogens with zero attached hydrogens (tertiary/aromatic N) is 1. The van der Waals surface area contributed by atoms with Crippen molar-refractivity contribution >= 4 is 27.5 Å². The molecule has 0 bridgehead atoms. The Morgan fingerprint density at radius 1 is 1.17 bits per heavy atom. The number of likely N-dealkylation sites (N-methyl/N-ethyl adjacent to an activating group) is 1. The molecule has 0 aromatic heterocycles. The van der Waals surface area contributed by atoms with E-state index in [1.807, 2.05) is 43.4 Å². The molecule has 0 aliphatic carbocycles. The molecule has 120 valence electrons. The number of methoxy groups -OCH3 is 2. The summed E-state index contributed by atoms with van der Waals surface area (Å²) in [6.45, 7) is 0. The molecule has 0 N–H and O–H groups in total. The van der Waals surface area contributed by atoms with Crippen molar-refractivity contribution in [3.63, 3.8) is 0 Å². The summed E-state index contributed by atoms with van der Waals surface area (Å²) in [6, 6.07) is 11.7. The lowest BCUT2D eigenvalue weighted by Gasteiger charge is -2.15. The maximum absolute atomic E-state index is 12.7. The first-order chi connectivity index (χ1) is 11.1. The number of rotatable bonds is 4. The maximum atomic E-state index is 12.7. The van der Waals surface area contributed by atoms with Crippen molar-refractivity contribution in [2.75, 3.05) is 26.2 Å². The predicted molar refractivity (Wildman–Crippen MR) is 93.5 cm³/mol. The third-order valence-electron chi connectivity index (χ3n) is 4.26. The first kappa shape index (κ1) is 15.9. The second-order valence-electron chi connectivity index (χ2n) is 5.51. The van der Waals surface area contributed by atoms with Crippen molar-refractivity contribution in [3.8, 4) is 11.5 Å². The van der Waals surface area contributed by atoms with Gasteiger partial charge in [0.25, 0.3) is 0 Å². The van der Waals surface area contributed by atoms with Gasteiger partial charge in [0.15, 0.2) is 11.5 Å². The van der Waals surface area contributed by atoms with Crippen molar-refractivity contribution in [1.29, 1.82) is 0 Å². The van der Waals surface area contributed by atoms with Gasteiger partial charge in [-0.25, -0.2) is 0 Å². The average molecular weight is 376 g/mol. The second kappa shape index (κ2) is 6.24. The standard InChI is InChI=1S/C18H18BrNO3/c1-20-15-8-7-12(19)10-13(15)14(18(20)21)9-11-5-4-6-16(22-2)17(11)23-3/h4-8,10,14H,9H2,1-3H3/t14-/m1/s1. The zero-order valence-corrected chi connectivity index (χ0v) is 14.9. The van der Waals surface area contributed by atoms with E-state index in [1.54, 1.807) is 19.1 Å². The van der Waals surface area contributed by atoms with Crippen molar-refractivity contribution in [2.24, 2.45) is 0 Å². The van der Waals surface area contributed by atoms with E-state index in [2.05, 4.69) is 15.9 Å². The summed E-state index contributed by atoms with van der Waals surface area (Å²) in [4.78, 5) is 14.4. The number of para-hydroxylation sites is 1. The molecule has 3 rings (SSSR count). The largest absolute Gasteiger partial charge is 0.493 e. The van der Waals surface area contributed by atoms with Gasteiger partial charge in [0.2, 0.25) is 5.91 Å². The second-order valence-corrected chi connectivity index (χ2v) is 6.43. The molecule has 1 aliphatic heterocycles. The van der Waals surface area contributed by atoms with Crippen LogP contribution in [0.2, 0.25) is 0 Å². The Morgan fingerprint density at radius 3 is 2.65 bits per heavy atom. The molecule has 0 saturated heterocycles. The molecule has 0 saturated carbocycles. The fourth-order valence-corrected chi connectivity index (χ4v) is 3.51. The van der Waals surface area contributed by atoms with Crippen molar-refractivity contribution in [1.82, 2.24) is 0 Å². The Morgan fingerprint density at radius 2 is 1.96 bits per heavy atom. The Bertz CT molecular complexity index is 760. The van der Waals surface area contributed by atoms with Crippen LogP contribution in [0.3, 0.4) is 0 Å². The van der Waals surface area contributed by atoms with Crippen LogP contribution in [0, 0.1) is 0 Å². The quantitative estimate of drug-likeness (QED) is 0.816. The van der Waals surface area contributed by atoms with E-state index >= 15 is 0 Å². The normalized spacial score (nSPS) is 16.4. The molecular formula is C18H18BrNO3. The molecule has 4 nitrogen and oxygen atoms in total. The molecule has 5 heteroatoms. The molecule has 1 amide bonds. The highest BCUT2D eigenvalue weighted by atomic mass is 79.9. The maximum Gasteiger partial charge on any atom is 0.234 e. The number of hydrogen-bond donors (Lipinski definition) is 0. The van der Waals surface area contributed by atoms with E-state index in [0.29, 0.717) is 17.9 Å². The summed E-state index contributed by atoms with van der Waals surface area (Å²) in [7, 11) is 5.05. The minimum absolute atomic E-state index is 0.1000. The number of anilines is 1. The van der Waals surface area contributed by atoms with Crippen LogP contribution in [0.25, 0.3) is 0 Å². The summed E-state index contributed by atoms with van der Waals surface area (Å²) in [5.74, 6) is 1.25. The zero-order valence-electron chi connectivity index (χ0n) is 13.3. The molecule has 0 radical (unpaired) electrons. The highest BCUT2D eigenvalue weighted by Gasteiger charge is 2.35. The molecular weight excluding hydrogens is 358 g/mol. The number of carbonyl (C=O) groups is 1. The lowest BCUT2D eigenvalue weighted by atomic mass is 9.92. The van der Waals surface area contributed by atoms with Gasteiger partial charge in [0.05, 0.1) is 20.1 Å². The zero-order chi connectivity index (χ0) is 16.6. The number of benzene rings is 2. The van der Waals surface area contributed by atoms with Crippen LogP contribution in [0.1, 0.15) is 17.0 Å². The summed E-state index contributed by atoms with van der Waals surface area (Å²) < 4.78 is 11.8. The van der Waals surface area contributed by atoms with Gasteiger partial charge in [-0.3, -0.25) is 4.79 Å². The summed E-state index contributed by atoms with van der Waals surface area (Å²) in [6.07, 6.45) is 0.576. The smallest absolute Gasteiger partial charge is 0.234 e. The number of amides is 1. The van der Waals surface area contributed by atoms with Gasteiger partial charge in [-0.2, -0.15) is 0 Å². The van der Waals surface area contributed by atoms with E-state index in [-0.39, 0.29) is 11.8 Å². The van der Waals surface area contributed by atoms with Gasteiger partial charge in [-0.15, -0.1) is 0 Å². The van der Waals surface area contributed by atoms with Crippen molar-refractivity contribution in [3.05, 3.63) is 52.0 Å². The van der Waals surface area contributed by atoms with Crippen LogP contribution in [-0.2, 0) is 11.2 Å². The van der Waals surface area contributed by atoms with E-state index < -0.39 is 0 Å². The monoisotopic (exact) mass is 375 g/mol. The Balaban J connectivity index is 2.02. The number of halogens is 1. The third-order valence-corrected chi connectivity index (χ3v) is 4.76. The summed E-state index contributed by atoms with van der Waals surface area (Å²) in [5, 5.41) is 0. The molecule has 0 spiro atoms. The topological polar surface area (TPSA) is 38.8 Å². The molecule has 2 aromatic rings. The first-order valence-electron chi connectivity index (χ1n) is 7.33. The van der Waals surface area contributed by atoms with Crippen LogP contribution in [0.5, 0.6) is 11.5 Å². The molecule has 0 fully saturated rings. The minimum Gasteiger partial charge on any atom is -0.493 e. The van der Waals surface area contributed by atoms with Crippen LogP contribution < -0.4 is 14.4 Å². The van der Waals surface area contributed by atoms with E-state index in [9.17, 15) is 4.79 Å². The van der Waals surface area contributed by atoms with Crippen LogP contribution in [0.15, 0.2) is 40.9 Å². The molecule has 1 aliphatic rings. The average Bonchev–Trinajstić information content (AvgIpc) is 2.79. The molecule has 0 unspecified atom stereocenters. The number of carbonyl (C=O) groups excluding carboxylic acids is 1. The molecule has 23 heavy (non-hydrogen) atoms. The van der Waals surface area contributed by atoms with Gasteiger partial charge in [0, 0.05) is 17.2 Å². The fraction of sp³-hybridized carbons (Fsp3) is 0.278. The van der Waals surface area contributed by atoms with Gasteiger partial charge < -0.3 is 14.4 Å². The van der Waals surface area contributed by atoms with Crippen molar-refractivity contribution in [2.45, 2.75) is 12.3 Å². The number of ether oxygens (including phenoxy) is 2. The first-order valence-corrected chi connectivity index (χ1v) is 8.13. The van der Waals surface area contributed by atoms with Gasteiger partial charge in [-0.05, 0) is 41.8 Å². The SMILES string of the molecule is COc1cccc(C[C@H]2C(=O)N(C)c3ccc(Br)cc32)c1OC. The van der Waals surface area contributed by atoms with Crippen LogP contribution in [-0.4, -0.2) is 27.2 Å². The third kappa shape index (κ3) is 2.70. The van der Waals surface area contributed by atoms with Crippen LogP contribution >= 0.6 is 15.9 Å². The summed E-state index contributed by atoms with van der Waals surface area (Å²) >= 11 is 3.49. The Kier molecular flexibility index (Phi) is 4.31. The summed E-state index contributed by atoms with van der Waals surface area (Å²) in [5.41, 5.74) is 2.97. The predicted octanol–water partition coefficient (Wildman–Crippen LogP) is 3.77. The lowest BCUT2D eigenvalue weighted by molar-refractivity contribution is -0.119. The van der Waals surface area contributed by atoms with Gasteiger partial charge in [0.1, 0.15) is 0 Å². The highest BCUT2D eigenvalue weighted by molar-refractivity contribution is 9.10. The van der Waals surface area contributed by atoms with E-state index in [0.717, 1.165) is 21.3 Å². The van der Waals surface area contributed by atoms with Gasteiger partial charge in [-0.1, -0.05) is 28.1 Å². The lowest BCUT2D eigenvalue weighted by Crippen LogP contribution is -2.25. The van der Waals surface area contributed by atoms with Gasteiger partial charge >= 0.3 is 0 Å². The van der Waals surface area contributed by atoms with E-state index in [1.165, 1.54) is 0 Å². The molecule has 1 heterocycles. The highest BCUT2D eigenvalue weighted by Crippen LogP contribution is 2.42. The Labute approximate surface area is 144 Å². The minimum atomic E-state index is -0.214. The molecule has 1 atom stereocenters. The number of hydrogen-bond acceptors (Lipinski definition) is 3. The Hall–Kier alpha value is -2.01. The number of fused-ring (bicyclic) bond motifs is 1. The van der Waals surface area contributed by atoms with E-state index in [4.69, 9.17) is 9.47 Å². The van der Waals surface area contributed by atoms with Crippen molar-refractivity contribution < 1.29 is 14.3 Å². The molecule has 2 aromatic carbocycles.